The summed E-state index contributed by atoms with van der Waals surface area (Å²) in [5.74, 6) is -1.61. The highest BCUT2D eigenvalue weighted by Crippen LogP contribution is 2.38. The van der Waals surface area contributed by atoms with E-state index >= 15 is 0 Å². The lowest BCUT2D eigenvalue weighted by Crippen LogP contribution is -2.23. The van der Waals surface area contributed by atoms with Crippen molar-refractivity contribution in [1.29, 1.82) is 0 Å². The number of halogens is 3. The van der Waals surface area contributed by atoms with Crippen molar-refractivity contribution >= 4 is 17.4 Å². The van der Waals surface area contributed by atoms with E-state index in [1.165, 1.54) is 30.3 Å². The topological polar surface area (TPSA) is 20.3 Å². The largest absolute Gasteiger partial charge is 0.305 e. The lowest BCUT2D eigenvalue weighted by Gasteiger charge is -2.19. The normalized spacial score (nSPS) is 21.6. The molecule has 0 unspecified atom stereocenters. The van der Waals surface area contributed by atoms with Crippen LogP contribution in [0.15, 0.2) is 42.5 Å². The smallest absolute Gasteiger partial charge is 0.167 e. The minimum absolute atomic E-state index is 0.112. The summed E-state index contributed by atoms with van der Waals surface area (Å²) in [7, 11) is 1.89. The van der Waals surface area contributed by atoms with Gasteiger partial charge in [0.2, 0.25) is 0 Å². The number of likely N-dealkylation sites (N-methyl/N-ethyl adjacent to an activating group) is 1. The first-order valence-corrected chi connectivity index (χ1v) is 7.77. The number of hydrogen-bond donors (Lipinski definition) is 0. The van der Waals surface area contributed by atoms with E-state index in [4.69, 9.17) is 11.6 Å². The fraction of sp³-hybridized carbons (Fsp3) is 0.278. The zero-order valence-electron chi connectivity index (χ0n) is 12.6. The van der Waals surface area contributed by atoms with Crippen LogP contribution in [-0.2, 0) is 0 Å². The highest BCUT2D eigenvalue weighted by atomic mass is 35.5. The van der Waals surface area contributed by atoms with Crippen LogP contribution in [0.4, 0.5) is 8.78 Å². The molecule has 1 saturated heterocycles. The van der Waals surface area contributed by atoms with E-state index in [1.54, 1.807) is 12.1 Å². The molecule has 23 heavy (non-hydrogen) atoms. The summed E-state index contributed by atoms with van der Waals surface area (Å²) in [6, 6.07) is 10.0. The van der Waals surface area contributed by atoms with Gasteiger partial charge in [0.1, 0.15) is 11.6 Å². The van der Waals surface area contributed by atoms with E-state index in [9.17, 15) is 13.6 Å². The molecule has 0 radical (unpaired) electrons. The Morgan fingerprint density at radius 3 is 2.48 bits per heavy atom. The molecule has 120 valence electrons. The molecule has 0 saturated carbocycles. The fourth-order valence-electron chi connectivity index (χ4n) is 3.25. The number of carbonyl (C=O) groups is 1. The first-order valence-electron chi connectivity index (χ1n) is 7.39. The van der Waals surface area contributed by atoms with Gasteiger partial charge in [0.15, 0.2) is 5.78 Å². The van der Waals surface area contributed by atoms with E-state index in [0.29, 0.717) is 29.2 Å². The van der Waals surface area contributed by atoms with Crippen molar-refractivity contribution < 1.29 is 13.6 Å². The molecule has 0 amide bonds. The molecular formula is C18H16ClF2NO. The summed E-state index contributed by atoms with van der Waals surface area (Å²) in [6.07, 6.45) is 0. The van der Waals surface area contributed by atoms with Crippen molar-refractivity contribution in [2.45, 2.75) is 5.92 Å². The number of nitrogens with zero attached hydrogens (tertiary/aromatic N) is 1. The number of likely N-dealkylation sites (tertiary alicyclic amines) is 1. The van der Waals surface area contributed by atoms with Gasteiger partial charge < -0.3 is 4.90 Å². The predicted molar refractivity (Wildman–Crippen MR) is 85.9 cm³/mol. The minimum atomic E-state index is -0.403. The summed E-state index contributed by atoms with van der Waals surface area (Å²) in [4.78, 5) is 14.8. The molecule has 1 aliphatic rings. The van der Waals surface area contributed by atoms with E-state index in [-0.39, 0.29) is 11.7 Å². The SMILES string of the molecule is CN1C[C@H](C(=O)c2ccc(F)cc2)[C@H](c2c(F)cccc2Cl)C1. The minimum Gasteiger partial charge on any atom is -0.305 e. The van der Waals surface area contributed by atoms with Crippen LogP contribution < -0.4 is 0 Å². The number of carbonyl (C=O) groups excluding carboxylic acids is 1. The van der Waals surface area contributed by atoms with Crippen LogP contribution in [0.25, 0.3) is 0 Å². The van der Waals surface area contributed by atoms with Gasteiger partial charge in [-0.05, 0) is 43.4 Å². The van der Waals surface area contributed by atoms with Gasteiger partial charge >= 0.3 is 0 Å². The monoisotopic (exact) mass is 335 g/mol. The van der Waals surface area contributed by atoms with Crippen LogP contribution in [0.2, 0.25) is 5.02 Å². The molecule has 1 fully saturated rings. The van der Waals surface area contributed by atoms with Gasteiger partial charge in [0.25, 0.3) is 0 Å². The van der Waals surface area contributed by atoms with Crippen molar-refractivity contribution in [3.63, 3.8) is 0 Å². The van der Waals surface area contributed by atoms with Crippen LogP contribution in [0.1, 0.15) is 21.8 Å². The molecule has 0 aliphatic carbocycles. The molecular weight excluding hydrogens is 320 g/mol. The standard InChI is InChI=1S/C18H16ClF2NO/c1-22-9-13(17-15(19)3-2-4-16(17)21)14(10-22)18(23)11-5-7-12(20)8-6-11/h2-8,13-14H,9-10H2,1H3/t13-,14+/m1/s1. The maximum atomic E-state index is 14.3. The lowest BCUT2D eigenvalue weighted by atomic mass is 9.83. The summed E-state index contributed by atoms with van der Waals surface area (Å²) >= 11 is 6.17. The lowest BCUT2D eigenvalue weighted by molar-refractivity contribution is 0.0915. The highest BCUT2D eigenvalue weighted by molar-refractivity contribution is 6.31. The summed E-state index contributed by atoms with van der Waals surface area (Å²) in [5.41, 5.74) is 0.822. The van der Waals surface area contributed by atoms with Crippen LogP contribution in [0.3, 0.4) is 0 Å². The van der Waals surface area contributed by atoms with Crippen LogP contribution in [0, 0.1) is 17.6 Å². The van der Waals surface area contributed by atoms with E-state index in [0.717, 1.165) is 0 Å². The van der Waals surface area contributed by atoms with E-state index in [2.05, 4.69) is 0 Å². The third-order valence-electron chi connectivity index (χ3n) is 4.34. The van der Waals surface area contributed by atoms with Gasteiger partial charge in [-0.1, -0.05) is 17.7 Å². The average molecular weight is 336 g/mol. The van der Waals surface area contributed by atoms with Crippen molar-refractivity contribution in [1.82, 2.24) is 4.90 Å². The molecule has 1 aliphatic heterocycles. The Bertz CT molecular complexity index is 712. The Labute approximate surface area is 138 Å². The van der Waals surface area contributed by atoms with Gasteiger partial charge in [0, 0.05) is 41.1 Å². The number of hydrogen-bond acceptors (Lipinski definition) is 2. The molecule has 1 heterocycles. The molecule has 2 nitrogen and oxygen atoms in total. The van der Waals surface area contributed by atoms with Gasteiger partial charge in [-0.2, -0.15) is 0 Å². The Morgan fingerprint density at radius 1 is 1.13 bits per heavy atom. The second-order valence-electron chi connectivity index (χ2n) is 5.94. The first kappa shape index (κ1) is 16.1. The molecule has 0 N–H and O–H groups in total. The van der Waals surface area contributed by atoms with E-state index in [1.807, 2.05) is 11.9 Å². The Balaban J connectivity index is 1.97. The van der Waals surface area contributed by atoms with Gasteiger partial charge in [-0.3, -0.25) is 4.79 Å². The average Bonchev–Trinajstić information content (AvgIpc) is 2.89. The fourth-order valence-corrected chi connectivity index (χ4v) is 3.56. The summed E-state index contributed by atoms with van der Waals surface area (Å²) in [5, 5.41) is 0.335. The predicted octanol–water partition coefficient (Wildman–Crippen LogP) is 4.15. The molecule has 2 atom stereocenters. The van der Waals surface area contributed by atoms with Gasteiger partial charge in [0.05, 0.1) is 0 Å². The van der Waals surface area contributed by atoms with Crippen LogP contribution >= 0.6 is 11.6 Å². The number of rotatable bonds is 3. The Hall–Kier alpha value is -1.78. The summed E-state index contributed by atoms with van der Waals surface area (Å²) < 4.78 is 27.3. The molecule has 0 spiro atoms. The number of ketones is 1. The zero-order valence-corrected chi connectivity index (χ0v) is 13.4. The first-order chi connectivity index (χ1) is 11.0. The number of benzene rings is 2. The zero-order chi connectivity index (χ0) is 16.6. The second kappa shape index (κ2) is 6.38. The van der Waals surface area contributed by atoms with Crippen molar-refractivity contribution in [2.75, 3.05) is 20.1 Å². The van der Waals surface area contributed by atoms with Gasteiger partial charge in [-0.15, -0.1) is 0 Å². The maximum absolute atomic E-state index is 14.3. The molecule has 2 aromatic carbocycles. The van der Waals surface area contributed by atoms with Gasteiger partial charge in [-0.25, -0.2) is 8.78 Å². The third-order valence-corrected chi connectivity index (χ3v) is 4.67. The van der Waals surface area contributed by atoms with Crippen molar-refractivity contribution in [2.24, 2.45) is 5.92 Å². The second-order valence-corrected chi connectivity index (χ2v) is 6.35. The van der Waals surface area contributed by atoms with Crippen LogP contribution in [-0.4, -0.2) is 30.8 Å². The Morgan fingerprint density at radius 2 is 1.83 bits per heavy atom. The quantitative estimate of drug-likeness (QED) is 0.785. The Kier molecular flexibility index (Phi) is 4.46. The summed E-state index contributed by atoms with van der Waals surface area (Å²) in [6.45, 7) is 1.07. The highest BCUT2D eigenvalue weighted by Gasteiger charge is 2.39. The maximum Gasteiger partial charge on any atom is 0.167 e. The molecule has 2 aromatic rings. The van der Waals surface area contributed by atoms with Crippen molar-refractivity contribution in [3.8, 4) is 0 Å². The molecule has 3 rings (SSSR count). The van der Waals surface area contributed by atoms with Crippen LogP contribution in [0.5, 0.6) is 0 Å². The van der Waals surface area contributed by atoms with E-state index < -0.39 is 17.6 Å². The molecule has 0 aromatic heterocycles. The third kappa shape index (κ3) is 3.14. The molecule has 0 bridgehead atoms. The molecule has 5 heteroatoms. The van der Waals surface area contributed by atoms with Crippen molar-refractivity contribution in [3.05, 3.63) is 70.2 Å². The number of Topliss-reactive ketones (excluding diaryl/α,β-unsaturated/α-hetero) is 1.